The van der Waals surface area contributed by atoms with Gasteiger partial charge in [-0.3, -0.25) is 4.55 Å². The van der Waals surface area contributed by atoms with Crippen molar-refractivity contribution in [3.05, 3.63) is 0 Å². The topological polar surface area (TPSA) is 154 Å². The van der Waals surface area contributed by atoms with Crippen molar-refractivity contribution in [1.82, 2.24) is 0 Å². The van der Waals surface area contributed by atoms with Gasteiger partial charge in [0, 0.05) is 0 Å². The monoisotopic (exact) mass is 260 g/mol. The lowest BCUT2D eigenvalue weighted by Gasteiger charge is -2.38. The normalized spacial score (nSPS) is 40.9. The molecule has 0 bridgehead atoms. The maximum Gasteiger partial charge on any atom is 0.397 e. The third-order valence-electron chi connectivity index (χ3n) is 2.07. The van der Waals surface area contributed by atoms with Gasteiger partial charge in [0.15, 0.2) is 6.29 Å². The van der Waals surface area contributed by atoms with Crippen LogP contribution >= 0.6 is 0 Å². The average molecular weight is 260 g/mol. The molecule has 5 atom stereocenters. The molecule has 0 amide bonds. The minimum absolute atomic E-state index is 0.726. The number of aliphatic hydroxyl groups excluding tert-OH is 4. The summed E-state index contributed by atoms with van der Waals surface area (Å²) in [7, 11) is -4.91. The summed E-state index contributed by atoms with van der Waals surface area (Å²) in [5.41, 5.74) is 0. The zero-order valence-corrected chi connectivity index (χ0v) is 8.69. The summed E-state index contributed by atoms with van der Waals surface area (Å²) >= 11 is 0. The highest BCUT2D eigenvalue weighted by atomic mass is 32.3. The fraction of sp³-hybridized carbons (Fsp3) is 1.00. The largest absolute Gasteiger partial charge is 0.397 e. The van der Waals surface area contributed by atoms with Crippen molar-refractivity contribution in [3.8, 4) is 0 Å². The van der Waals surface area contributed by atoms with E-state index in [0.29, 0.717) is 0 Å². The molecule has 0 aliphatic carbocycles. The fourth-order valence-electron chi connectivity index (χ4n) is 1.32. The van der Waals surface area contributed by atoms with Gasteiger partial charge in [-0.05, 0) is 0 Å². The van der Waals surface area contributed by atoms with Crippen LogP contribution < -0.4 is 0 Å². The molecule has 9 nitrogen and oxygen atoms in total. The second-order valence-corrected chi connectivity index (χ2v) is 4.27. The van der Waals surface area contributed by atoms with Crippen molar-refractivity contribution in [2.75, 3.05) is 6.61 Å². The fourth-order valence-corrected chi connectivity index (χ4v) is 1.83. The second-order valence-electron chi connectivity index (χ2n) is 3.22. The Balaban J connectivity index is 2.85. The summed E-state index contributed by atoms with van der Waals surface area (Å²) in [6.45, 7) is -0.726. The zero-order valence-electron chi connectivity index (χ0n) is 7.87. The van der Waals surface area contributed by atoms with E-state index in [4.69, 9.17) is 14.8 Å². The maximum absolute atomic E-state index is 10.4. The lowest BCUT2D eigenvalue weighted by Crippen LogP contribution is -2.59. The van der Waals surface area contributed by atoms with Crippen LogP contribution in [0.2, 0.25) is 0 Å². The second kappa shape index (κ2) is 4.89. The van der Waals surface area contributed by atoms with E-state index < -0.39 is 47.7 Å². The Bertz CT molecular complexity index is 327. The van der Waals surface area contributed by atoms with E-state index in [0.717, 1.165) is 0 Å². The van der Waals surface area contributed by atoms with Crippen LogP contribution in [0.4, 0.5) is 0 Å². The molecule has 0 spiro atoms. The van der Waals surface area contributed by atoms with Crippen molar-refractivity contribution < 1.29 is 42.3 Å². The molecule has 1 aliphatic rings. The van der Waals surface area contributed by atoms with E-state index in [-0.39, 0.29) is 0 Å². The van der Waals surface area contributed by atoms with Crippen LogP contribution in [0.1, 0.15) is 0 Å². The first-order valence-electron chi connectivity index (χ1n) is 4.22. The minimum atomic E-state index is -4.91. The molecule has 5 N–H and O–H groups in total. The van der Waals surface area contributed by atoms with Gasteiger partial charge in [0.1, 0.15) is 24.4 Å². The lowest BCUT2D eigenvalue weighted by molar-refractivity contribution is -0.282. The summed E-state index contributed by atoms with van der Waals surface area (Å²) < 4.78 is 37.8. The van der Waals surface area contributed by atoms with Crippen LogP contribution in [-0.4, -0.2) is 70.7 Å². The van der Waals surface area contributed by atoms with Gasteiger partial charge in [-0.1, -0.05) is 0 Å². The summed E-state index contributed by atoms with van der Waals surface area (Å²) in [5.74, 6) is 0. The molecule has 1 aliphatic heterocycles. The number of rotatable bonds is 3. The lowest BCUT2D eigenvalue weighted by atomic mass is 9.99. The quantitative estimate of drug-likeness (QED) is 0.327. The van der Waals surface area contributed by atoms with Gasteiger partial charge >= 0.3 is 10.4 Å². The third kappa shape index (κ3) is 3.09. The van der Waals surface area contributed by atoms with Crippen LogP contribution in [0, 0.1) is 0 Å². The molecule has 1 saturated heterocycles. The van der Waals surface area contributed by atoms with Crippen LogP contribution in [-0.2, 0) is 19.3 Å². The van der Waals surface area contributed by atoms with Crippen molar-refractivity contribution in [2.45, 2.75) is 30.7 Å². The van der Waals surface area contributed by atoms with Gasteiger partial charge in [-0.2, -0.15) is 8.42 Å². The average Bonchev–Trinajstić information content (AvgIpc) is 2.17. The maximum atomic E-state index is 10.4. The molecule has 0 aromatic heterocycles. The van der Waals surface area contributed by atoms with Crippen molar-refractivity contribution >= 4 is 10.4 Å². The van der Waals surface area contributed by atoms with E-state index in [1.54, 1.807) is 0 Å². The number of aliphatic hydroxyl groups is 4. The van der Waals surface area contributed by atoms with Gasteiger partial charge in [-0.25, -0.2) is 4.18 Å². The van der Waals surface area contributed by atoms with Gasteiger partial charge in [0.2, 0.25) is 0 Å². The van der Waals surface area contributed by atoms with E-state index >= 15 is 0 Å². The molecular weight excluding hydrogens is 248 g/mol. The predicted octanol–water partition coefficient (Wildman–Crippen LogP) is -3.39. The molecule has 0 aromatic rings. The molecular formula is C6H12O9S. The highest BCUT2D eigenvalue weighted by Crippen LogP contribution is 2.23. The van der Waals surface area contributed by atoms with E-state index in [2.05, 4.69) is 8.92 Å². The molecule has 1 rings (SSSR count). The highest BCUT2D eigenvalue weighted by molar-refractivity contribution is 7.80. The number of hydrogen-bond donors (Lipinski definition) is 5. The first kappa shape index (κ1) is 13.7. The molecule has 0 saturated carbocycles. The molecule has 96 valence electrons. The number of hydrogen-bond acceptors (Lipinski definition) is 8. The Morgan fingerprint density at radius 1 is 1.19 bits per heavy atom. The van der Waals surface area contributed by atoms with E-state index in [1.807, 2.05) is 0 Å². The predicted molar refractivity (Wildman–Crippen MR) is 46.4 cm³/mol. The molecule has 10 heteroatoms. The minimum Gasteiger partial charge on any atom is -0.394 e. The molecule has 1 fully saturated rings. The molecule has 0 radical (unpaired) electrons. The molecule has 16 heavy (non-hydrogen) atoms. The first-order chi connectivity index (χ1) is 7.26. The Morgan fingerprint density at radius 2 is 1.75 bits per heavy atom. The van der Waals surface area contributed by atoms with Crippen LogP contribution in [0.3, 0.4) is 0 Å². The Labute approximate surface area is 90.8 Å². The smallest absolute Gasteiger partial charge is 0.394 e. The van der Waals surface area contributed by atoms with Gasteiger partial charge in [-0.15, -0.1) is 0 Å². The Hall–Kier alpha value is -0.330. The molecule has 1 heterocycles. The van der Waals surface area contributed by atoms with Gasteiger partial charge < -0.3 is 25.2 Å². The summed E-state index contributed by atoms with van der Waals surface area (Å²) in [4.78, 5) is 0. The van der Waals surface area contributed by atoms with Crippen molar-refractivity contribution in [3.63, 3.8) is 0 Å². The van der Waals surface area contributed by atoms with Crippen LogP contribution in [0.15, 0.2) is 0 Å². The van der Waals surface area contributed by atoms with Crippen LogP contribution in [0.25, 0.3) is 0 Å². The Kier molecular flexibility index (Phi) is 4.20. The first-order valence-corrected chi connectivity index (χ1v) is 5.59. The highest BCUT2D eigenvalue weighted by Gasteiger charge is 2.46. The summed E-state index contributed by atoms with van der Waals surface area (Å²) in [6, 6.07) is 0. The molecule has 0 aromatic carbocycles. The van der Waals surface area contributed by atoms with E-state index in [1.165, 1.54) is 0 Å². The third-order valence-corrected chi connectivity index (χ3v) is 2.54. The SMILES string of the molecule is O=S(=O)(O)O[C@H]1[C@H](O)[C@@H](CO)OC(O)[C@@H]1O. The summed E-state index contributed by atoms with van der Waals surface area (Å²) in [6.07, 6.45) is -8.58. The van der Waals surface area contributed by atoms with E-state index in [9.17, 15) is 18.6 Å². The standard InChI is InChI=1S/C6H12O9S/c7-1-2-3(8)5(15-16(11,12)13)4(9)6(10)14-2/h2-10H,1H2,(H,11,12,13)/t2-,3-,4-,5+,6?/m1/s1. The summed E-state index contributed by atoms with van der Waals surface area (Å²) in [5, 5.41) is 36.5. The molecule has 1 unspecified atom stereocenters. The zero-order chi connectivity index (χ0) is 12.5. The van der Waals surface area contributed by atoms with Crippen LogP contribution in [0.5, 0.6) is 0 Å². The van der Waals surface area contributed by atoms with Gasteiger partial charge in [0.05, 0.1) is 6.61 Å². The van der Waals surface area contributed by atoms with Crippen molar-refractivity contribution in [2.24, 2.45) is 0 Å². The van der Waals surface area contributed by atoms with Crippen molar-refractivity contribution in [1.29, 1.82) is 0 Å². The number of ether oxygens (including phenoxy) is 1. The van der Waals surface area contributed by atoms with Gasteiger partial charge in [0.25, 0.3) is 0 Å². The Morgan fingerprint density at radius 3 is 2.19 bits per heavy atom.